The quantitative estimate of drug-likeness (QED) is 0.373. The maximum atomic E-state index is 14.7. The van der Waals surface area contributed by atoms with Gasteiger partial charge in [-0.3, -0.25) is 19.2 Å². The van der Waals surface area contributed by atoms with E-state index in [0.29, 0.717) is 12.8 Å². The van der Waals surface area contributed by atoms with E-state index in [2.05, 4.69) is 5.32 Å². The predicted molar refractivity (Wildman–Crippen MR) is 169 cm³/mol. The number of carbonyl (C=O) groups excluding carboxylic acids is 4. The number of aliphatic hydroxyl groups is 1. The summed E-state index contributed by atoms with van der Waals surface area (Å²) in [5.41, 5.74) is 0.271. The molecule has 0 aliphatic carbocycles. The number of hydrogen-bond donors (Lipinski definition) is 2. The van der Waals surface area contributed by atoms with Crippen LogP contribution in [-0.2, 0) is 35.1 Å². The van der Waals surface area contributed by atoms with Crippen LogP contribution in [-0.4, -0.2) is 88.2 Å². The molecule has 10 nitrogen and oxygen atoms in total. The van der Waals surface area contributed by atoms with E-state index < -0.39 is 59.5 Å². The minimum atomic E-state index is -1.38. The molecule has 46 heavy (non-hydrogen) atoms. The van der Waals surface area contributed by atoms with Crippen molar-refractivity contribution in [1.29, 1.82) is 0 Å². The molecule has 0 radical (unpaired) electrons. The summed E-state index contributed by atoms with van der Waals surface area (Å²) in [6.07, 6.45) is 7.41. The van der Waals surface area contributed by atoms with E-state index in [1.54, 1.807) is 17.1 Å². The third-order valence-corrected chi connectivity index (χ3v) is 9.59. The van der Waals surface area contributed by atoms with E-state index in [-0.39, 0.29) is 38.1 Å². The Morgan fingerprint density at radius 1 is 0.978 bits per heavy atom. The van der Waals surface area contributed by atoms with Crippen LogP contribution in [0.2, 0.25) is 0 Å². The van der Waals surface area contributed by atoms with Crippen LogP contribution in [0.1, 0.15) is 43.9 Å². The second-order valence-corrected chi connectivity index (χ2v) is 12.7. The molecule has 7 atom stereocenters. The molecule has 5 bridgehead atoms. The van der Waals surface area contributed by atoms with Gasteiger partial charge in [0, 0.05) is 19.0 Å². The predicted octanol–water partition coefficient (Wildman–Crippen LogP) is 2.73. The number of aliphatic hydroxyl groups excluding tert-OH is 1. The van der Waals surface area contributed by atoms with Crippen molar-refractivity contribution in [2.45, 2.75) is 69.0 Å². The average molecular weight is 628 g/mol. The number of allylic oxidation sites excluding steroid dienone is 1. The molecule has 4 heterocycles. The Bertz CT molecular complexity index is 1510. The first-order valence-corrected chi connectivity index (χ1v) is 16.1. The van der Waals surface area contributed by atoms with Gasteiger partial charge >= 0.3 is 5.97 Å². The Morgan fingerprint density at radius 2 is 1.70 bits per heavy atom. The first-order valence-electron chi connectivity index (χ1n) is 16.1. The second kappa shape index (κ2) is 13.2. The lowest BCUT2D eigenvalue weighted by Crippen LogP contribution is -2.59. The first kappa shape index (κ1) is 31.7. The van der Waals surface area contributed by atoms with Crippen molar-refractivity contribution in [3.63, 3.8) is 0 Å². The number of ether oxygens (including phenoxy) is 2. The molecule has 2 aromatic rings. The van der Waals surface area contributed by atoms with E-state index in [1.165, 1.54) is 4.90 Å². The van der Waals surface area contributed by atoms with E-state index in [4.69, 9.17) is 9.47 Å². The molecule has 0 unspecified atom stereocenters. The largest absolute Gasteiger partial charge is 0.463 e. The van der Waals surface area contributed by atoms with E-state index in [9.17, 15) is 24.3 Å². The number of cyclic esters (lactones) is 1. The highest BCUT2D eigenvalue weighted by molar-refractivity contribution is 6.00. The number of likely N-dealkylation sites (tertiary alicyclic amines) is 1. The molecule has 6 rings (SSSR count). The van der Waals surface area contributed by atoms with Gasteiger partial charge in [0.15, 0.2) is 0 Å². The summed E-state index contributed by atoms with van der Waals surface area (Å²) in [5.74, 6) is -3.46. The van der Waals surface area contributed by atoms with Gasteiger partial charge in [-0.1, -0.05) is 85.0 Å². The van der Waals surface area contributed by atoms with Gasteiger partial charge in [-0.05, 0) is 37.8 Å². The van der Waals surface area contributed by atoms with Gasteiger partial charge in [-0.25, -0.2) is 0 Å². The van der Waals surface area contributed by atoms with Crippen LogP contribution >= 0.6 is 0 Å². The zero-order chi connectivity index (χ0) is 32.4. The van der Waals surface area contributed by atoms with Crippen LogP contribution in [0.5, 0.6) is 0 Å². The minimum absolute atomic E-state index is 0.0752. The van der Waals surface area contributed by atoms with Crippen molar-refractivity contribution in [2.75, 3.05) is 19.8 Å². The number of esters is 1. The molecule has 2 N–H and O–H groups in total. The van der Waals surface area contributed by atoms with Gasteiger partial charge in [-0.2, -0.15) is 0 Å². The van der Waals surface area contributed by atoms with E-state index in [0.717, 1.165) is 11.1 Å². The summed E-state index contributed by atoms with van der Waals surface area (Å²) in [4.78, 5) is 59.3. The lowest BCUT2D eigenvalue weighted by Gasteiger charge is -2.40. The zero-order valence-electron chi connectivity index (χ0n) is 26.2. The van der Waals surface area contributed by atoms with Crippen molar-refractivity contribution in [1.82, 2.24) is 15.1 Å². The summed E-state index contributed by atoms with van der Waals surface area (Å²) in [7, 11) is 0. The number of rotatable bonds is 6. The van der Waals surface area contributed by atoms with Crippen molar-refractivity contribution in [3.05, 3.63) is 96.1 Å². The SMILES string of the molecule is CC(C)N1C/C=C\CCC(=O)OC[C@@H](c2ccccc2)NC(=O)[C@@H]2[C@@H]3C=C[C@]4(O3)[C@H](C1=O)N([C@@H](CO)Cc1ccccc1)C(=O)[C@@H]24. The monoisotopic (exact) mass is 627 g/mol. The molecule has 2 fully saturated rings. The topological polar surface area (TPSA) is 125 Å². The van der Waals surface area contributed by atoms with Crippen LogP contribution < -0.4 is 5.32 Å². The van der Waals surface area contributed by atoms with Gasteiger partial charge in [0.25, 0.3) is 0 Å². The highest BCUT2D eigenvalue weighted by Crippen LogP contribution is 2.56. The van der Waals surface area contributed by atoms with Crippen molar-refractivity contribution in [3.8, 4) is 0 Å². The van der Waals surface area contributed by atoms with Gasteiger partial charge < -0.3 is 29.7 Å². The van der Waals surface area contributed by atoms with Crippen LogP contribution in [0.4, 0.5) is 0 Å². The number of amides is 3. The zero-order valence-corrected chi connectivity index (χ0v) is 26.2. The van der Waals surface area contributed by atoms with Crippen molar-refractivity contribution in [2.24, 2.45) is 11.8 Å². The minimum Gasteiger partial charge on any atom is -0.463 e. The second-order valence-electron chi connectivity index (χ2n) is 12.7. The molecule has 3 amide bonds. The fourth-order valence-electron chi connectivity index (χ4n) is 7.36. The average Bonchev–Trinajstić information content (AvgIpc) is 3.71. The molecule has 0 saturated carbocycles. The van der Waals surface area contributed by atoms with Gasteiger partial charge in [0.2, 0.25) is 17.7 Å². The maximum Gasteiger partial charge on any atom is 0.306 e. The molecule has 10 heteroatoms. The maximum absolute atomic E-state index is 14.7. The molecule has 1 spiro atoms. The molecule has 242 valence electrons. The Hall–Kier alpha value is -4.28. The number of hydrogen-bond acceptors (Lipinski definition) is 7. The van der Waals surface area contributed by atoms with Crippen LogP contribution in [0.15, 0.2) is 85.0 Å². The lowest BCUT2D eigenvalue weighted by molar-refractivity contribution is -0.151. The smallest absolute Gasteiger partial charge is 0.306 e. The third kappa shape index (κ3) is 5.76. The Labute approximate surface area is 269 Å². The Morgan fingerprint density at radius 3 is 2.39 bits per heavy atom. The summed E-state index contributed by atoms with van der Waals surface area (Å²) in [5, 5.41) is 13.8. The van der Waals surface area contributed by atoms with Gasteiger partial charge in [-0.15, -0.1) is 0 Å². The number of benzene rings is 2. The standard InChI is InChI=1S/C36H41N3O7/c1-23(2)38-19-11-5-10-16-29(41)45-22-27(25-14-8-4-9-15-25)37-33(42)30-28-17-18-36(46-28)31(30)34(43)39(32(36)35(38)44)26(21-40)20-24-12-6-3-7-13-24/h3-9,11-15,17-18,23,26-28,30-32,40H,10,16,19-22H2,1-2H3,(H,37,42)/b11-5-/t26-,27+,28+,30-,31-,32+,36-/m1/s1. The summed E-state index contributed by atoms with van der Waals surface area (Å²) < 4.78 is 12.2. The number of carbonyl (C=O) groups is 4. The Balaban J connectivity index is 1.43. The van der Waals surface area contributed by atoms with Crippen molar-refractivity contribution >= 4 is 23.7 Å². The molecule has 4 aliphatic heterocycles. The molecule has 0 aromatic heterocycles. The third-order valence-electron chi connectivity index (χ3n) is 9.59. The van der Waals surface area contributed by atoms with Crippen molar-refractivity contribution < 1.29 is 33.8 Å². The molecule has 2 aromatic carbocycles. The summed E-state index contributed by atoms with van der Waals surface area (Å²) in [6, 6.07) is 16.0. The van der Waals surface area contributed by atoms with E-state index in [1.807, 2.05) is 86.7 Å². The van der Waals surface area contributed by atoms with Crippen LogP contribution in [0.25, 0.3) is 0 Å². The number of fused-ring (bicyclic) bond motifs is 2. The van der Waals surface area contributed by atoms with Crippen LogP contribution in [0, 0.1) is 11.8 Å². The normalized spacial score (nSPS) is 31.2. The molecule has 2 saturated heterocycles. The number of nitrogens with one attached hydrogen (secondary N) is 1. The van der Waals surface area contributed by atoms with Gasteiger partial charge in [0.1, 0.15) is 18.2 Å². The molecular formula is C36H41N3O7. The van der Waals surface area contributed by atoms with Crippen LogP contribution in [0.3, 0.4) is 0 Å². The highest BCUT2D eigenvalue weighted by atomic mass is 16.5. The first-order chi connectivity index (χ1) is 22.2. The fraction of sp³-hybridized carbons (Fsp3) is 0.444. The van der Waals surface area contributed by atoms with E-state index >= 15 is 0 Å². The lowest BCUT2D eigenvalue weighted by atomic mass is 9.74. The highest BCUT2D eigenvalue weighted by Gasteiger charge is 2.73. The molecular weight excluding hydrogens is 586 g/mol. The fourth-order valence-corrected chi connectivity index (χ4v) is 7.36. The number of nitrogens with zero attached hydrogens (tertiary/aromatic N) is 2. The van der Waals surface area contributed by atoms with Gasteiger partial charge in [0.05, 0.1) is 36.6 Å². The summed E-state index contributed by atoms with van der Waals surface area (Å²) >= 11 is 0. The molecule has 4 aliphatic rings. The Kier molecular flexibility index (Phi) is 9.11. The summed E-state index contributed by atoms with van der Waals surface area (Å²) in [6.45, 7) is 3.60.